The van der Waals surface area contributed by atoms with E-state index < -0.39 is 5.97 Å². The Morgan fingerprint density at radius 1 is 1.32 bits per heavy atom. The lowest BCUT2D eigenvalue weighted by Crippen LogP contribution is -2.45. The third-order valence-corrected chi connectivity index (χ3v) is 4.15. The Balaban J connectivity index is 1.83. The van der Waals surface area contributed by atoms with Gasteiger partial charge in [-0.25, -0.2) is 9.59 Å². The molecule has 0 aliphatic carbocycles. The van der Waals surface area contributed by atoms with Gasteiger partial charge in [0, 0.05) is 19.6 Å². The largest absolute Gasteiger partial charge is 0.478 e. The molecule has 0 bridgehead atoms. The van der Waals surface area contributed by atoms with Gasteiger partial charge in [-0.2, -0.15) is 0 Å². The van der Waals surface area contributed by atoms with E-state index in [0.717, 1.165) is 31.5 Å². The second-order valence-corrected chi connectivity index (χ2v) is 5.90. The molecule has 1 unspecified atom stereocenters. The minimum Gasteiger partial charge on any atom is -0.478 e. The number of nitrogens with zero attached hydrogens (tertiary/aromatic N) is 1. The molecule has 5 nitrogen and oxygen atoms in total. The van der Waals surface area contributed by atoms with Crippen LogP contribution in [0.15, 0.2) is 24.3 Å². The first-order chi connectivity index (χ1) is 10.6. The van der Waals surface area contributed by atoms with Crippen molar-refractivity contribution in [3.05, 3.63) is 35.4 Å². The summed E-state index contributed by atoms with van der Waals surface area (Å²) < 4.78 is 0. The summed E-state index contributed by atoms with van der Waals surface area (Å²) in [6, 6.07) is 6.56. The second-order valence-electron chi connectivity index (χ2n) is 5.90. The van der Waals surface area contributed by atoms with Crippen LogP contribution in [0.4, 0.5) is 4.79 Å². The zero-order valence-electron chi connectivity index (χ0n) is 13.0. The van der Waals surface area contributed by atoms with Crippen LogP contribution in [0.2, 0.25) is 0 Å². The number of benzene rings is 1. The number of rotatable bonds is 5. The quantitative estimate of drug-likeness (QED) is 0.878. The summed E-state index contributed by atoms with van der Waals surface area (Å²) >= 11 is 0. The summed E-state index contributed by atoms with van der Waals surface area (Å²) in [5, 5.41) is 11.8. The molecule has 1 saturated heterocycles. The first-order valence-electron chi connectivity index (χ1n) is 7.95. The number of likely N-dealkylation sites (tertiary alicyclic amines) is 1. The molecule has 1 atom stereocenters. The Morgan fingerprint density at radius 3 is 2.68 bits per heavy atom. The van der Waals surface area contributed by atoms with Gasteiger partial charge in [0.25, 0.3) is 0 Å². The number of nitrogens with one attached hydrogen (secondary N) is 1. The van der Waals surface area contributed by atoms with Crippen LogP contribution in [-0.4, -0.2) is 35.1 Å². The molecule has 1 aromatic carbocycles. The SMILES string of the molecule is CCCC1CCCN(C(=O)NCc2ccc(C(=O)O)cc2)C1. The lowest BCUT2D eigenvalue weighted by Gasteiger charge is -2.32. The fraction of sp³-hybridized carbons (Fsp3) is 0.529. The predicted octanol–water partition coefficient (Wildman–Crippen LogP) is 3.11. The van der Waals surface area contributed by atoms with Gasteiger partial charge in [0.05, 0.1) is 5.56 Å². The van der Waals surface area contributed by atoms with Crippen molar-refractivity contribution < 1.29 is 14.7 Å². The molecule has 1 aliphatic rings. The van der Waals surface area contributed by atoms with Crippen molar-refractivity contribution in [1.29, 1.82) is 0 Å². The van der Waals surface area contributed by atoms with Gasteiger partial charge in [-0.15, -0.1) is 0 Å². The molecule has 2 N–H and O–H groups in total. The number of carbonyl (C=O) groups is 2. The van der Waals surface area contributed by atoms with Crippen LogP contribution in [0.1, 0.15) is 48.5 Å². The number of hydrogen-bond donors (Lipinski definition) is 2. The molecule has 1 aliphatic heterocycles. The lowest BCUT2D eigenvalue weighted by molar-refractivity contribution is 0.0697. The van der Waals surface area contributed by atoms with Gasteiger partial charge in [0.2, 0.25) is 0 Å². The van der Waals surface area contributed by atoms with Crippen LogP contribution in [0.3, 0.4) is 0 Å². The highest BCUT2D eigenvalue weighted by Gasteiger charge is 2.22. The second kappa shape index (κ2) is 7.82. The normalized spacial score (nSPS) is 18.0. The van der Waals surface area contributed by atoms with Gasteiger partial charge in [0.15, 0.2) is 0 Å². The van der Waals surface area contributed by atoms with Crippen molar-refractivity contribution in [2.75, 3.05) is 13.1 Å². The molecule has 5 heteroatoms. The van der Waals surface area contributed by atoms with E-state index in [1.54, 1.807) is 24.3 Å². The average Bonchev–Trinajstić information content (AvgIpc) is 2.53. The summed E-state index contributed by atoms with van der Waals surface area (Å²) in [5.74, 6) is -0.315. The molecule has 1 aromatic rings. The number of carboxylic acids is 1. The monoisotopic (exact) mass is 304 g/mol. The predicted molar refractivity (Wildman–Crippen MR) is 84.8 cm³/mol. The van der Waals surface area contributed by atoms with E-state index in [2.05, 4.69) is 12.2 Å². The van der Waals surface area contributed by atoms with Crippen LogP contribution in [-0.2, 0) is 6.54 Å². The van der Waals surface area contributed by atoms with E-state index in [1.807, 2.05) is 4.90 Å². The number of piperidine rings is 1. The minimum atomic E-state index is -0.939. The van der Waals surface area contributed by atoms with E-state index in [1.165, 1.54) is 12.8 Å². The molecule has 2 amide bonds. The molecular formula is C17H24N2O3. The summed E-state index contributed by atoms with van der Waals surface area (Å²) in [6.07, 6.45) is 4.64. The van der Waals surface area contributed by atoms with Crippen LogP contribution >= 0.6 is 0 Å². The number of urea groups is 1. The van der Waals surface area contributed by atoms with Crippen molar-refractivity contribution in [3.63, 3.8) is 0 Å². The van der Waals surface area contributed by atoms with Gasteiger partial charge in [-0.1, -0.05) is 25.5 Å². The lowest BCUT2D eigenvalue weighted by atomic mass is 9.94. The minimum absolute atomic E-state index is 0.0249. The van der Waals surface area contributed by atoms with Gasteiger partial charge < -0.3 is 15.3 Å². The fourth-order valence-electron chi connectivity index (χ4n) is 2.95. The van der Waals surface area contributed by atoms with E-state index in [-0.39, 0.29) is 11.6 Å². The molecule has 22 heavy (non-hydrogen) atoms. The number of amides is 2. The van der Waals surface area contributed by atoms with E-state index >= 15 is 0 Å². The standard InChI is InChI=1S/C17H24N2O3/c1-2-4-14-5-3-10-19(12-14)17(22)18-11-13-6-8-15(9-7-13)16(20)21/h6-9,14H,2-5,10-12H2,1H3,(H,18,22)(H,20,21). The number of aromatic carboxylic acids is 1. The Bertz CT molecular complexity index is 511. The van der Waals surface area contributed by atoms with Crippen molar-refractivity contribution in [1.82, 2.24) is 10.2 Å². The molecule has 1 fully saturated rings. The highest BCUT2D eigenvalue weighted by Crippen LogP contribution is 2.20. The van der Waals surface area contributed by atoms with Gasteiger partial charge >= 0.3 is 12.0 Å². The Morgan fingerprint density at radius 2 is 2.05 bits per heavy atom. The maximum Gasteiger partial charge on any atom is 0.335 e. The zero-order chi connectivity index (χ0) is 15.9. The molecule has 1 heterocycles. The highest BCUT2D eigenvalue weighted by atomic mass is 16.4. The van der Waals surface area contributed by atoms with E-state index in [0.29, 0.717) is 12.5 Å². The van der Waals surface area contributed by atoms with Crippen molar-refractivity contribution in [2.24, 2.45) is 5.92 Å². The van der Waals surface area contributed by atoms with E-state index in [4.69, 9.17) is 5.11 Å². The van der Waals surface area contributed by atoms with Gasteiger partial charge in [-0.3, -0.25) is 0 Å². The topological polar surface area (TPSA) is 69.6 Å². The maximum atomic E-state index is 12.2. The third-order valence-electron chi connectivity index (χ3n) is 4.15. The van der Waals surface area contributed by atoms with Crippen molar-refractivity contribution in [3.8, 4) is 0 Å². The van der Waals surface area contributed by atoms with Crippen LogP contribution in [0.25, 0.3) is 0 Å². The summed E-state index contributed by atoms with van der Waals surface area (Å²) in [5.41, 5.74) is 1.16. The Kier molecular flexibility index (Phi) is 5.81. The van der Waals surface area contributed by atoms with Crippen molar-refractivity contribution in [2.45, 2.75) is 39.2 Å². The number of carboxylic acid groups (broad SMARTS) is 1. The van der Waals surface area contributed by atoms with Crippen molar-refractivity contribution >= 4 is 12.0 Å². The van der Waals surface area contributed by atoms with Gasteiger partial charge in [-0.05, 0) is 42.9 Å². The molecular weight excluding hydrogens is 280 g/mol. The molecule has 0 spiro atoms. The van der Waals surface area contributed by atoms with E-state index in [9.17, 15) is 9.59 Å². The molecule has 0 saturated carbocycles. The highest BCUT2D eigenvalue weighted by molar-refractivity contribution is 5.87. The Hall–Kier alpha value is -2.04. The third kappa shape index (κ3) is 4.48. The van der Waals surface area contributed by atoms with Crippen LogP contribution in [0.5, 0.6) is 0 Å². The van der Waals surface area contributed by atoms with Crippen LogP contribution < -0.4 is 5.32 Å². The van der Waals surface area contributed by atoms with Crippen LogP contribution in [0, 0.1) is 5.92 Å². The fourth-order valence-corrected chi connectivity index (χ4v) is 2.95. The zero-order valence-corrected chi connectivity index (χ0v) is 13.0. The summed E-state index contributed by atoms with van der Waals surface area (Å²) in [7, 11) is 0. The Labute approximate surface area is 131 Å². The average molecular weight is 304 g/mol. The molecule has 0 aromatic heterocycles. The number of hydrogen-bond acceptors (Lipinski definition) is 2. The maximum absolute atomic E-state index is 12.2. The number of carbonyl (C=O) groups excluding carboxylic acids is 1. The first-order valence-corrected chi connectivity index (χ1v) is 7.95. The smallest absolute Gasteiger partial charge is 0.335 e. The molecule has 0 radical (unpaired) electrons. The summed E-state index contributed by atoms with van der Waals surface area (Å²) in [4.78, 5) is 24.9. The first kappa shape index (κ1) is 16.3. The molecule has 120 valence electrons. The summed E-state index contributed by atoms with van der Waals surface area (Å²) in [6.45, 7) is 4.27. The van der Waals surface area contributed by atoms with Gasteiger partial charge in [0.1, 0.15) is 0 Å². The molecule has 2 rings (SSSR count).